The standard InChI is InChI=1S/C18H27N3/c1-5-18(4,21(6-2)7-3)17(19)15-10-8-12-16-14(15)11-9-13-20-16/h8-13,17H,5-7,19H2,1-4H3. The SMILES string of the molecule is CCN(CC)C(C)(CC)C(N)c1cccc2ncccc12. The van der Waals surface area contributed by atoms with E-state index in [-0.39, 0.29) is 11.6 Å². The van der Waals surface area contributed by atoms with Crippen molar-refractivity contribution >= 4 is 10.9 Å². The topological polar surface area (TPSA) is 42.1 Å². The van der Waals surface area contributed by atoms with Crippen LogP contribution in [0.15, 0.2) is 36.5 Å². The highest BCUT2D eigenvalue weighted by atomic mass is 15.2. The molecule has 1 heterocycles. The lowest BCUT2D eigenvalue weighted by molar-refractivity contribution is 0.0849. The van der Waals surface area contributed by atoms with Crippen LogP contribution in [0.1, 0.15) is 45.7 Å². The minimum Gasteiger partial charge on any atom is -0.322 e. The first-order chi connectivity index (χ1) is 10.1. The molecule has 2 unspecified atom stereocenters. The second-order valence-corrected chi connectivity index (χ2v) is 5.78. The zero-order valence-corrected chi connectivity index (χ0v) is 13.6. The molecule has 1 aromatic heterocycles. The van der Waals surface area contributed by atoms with E-state index in [1.165, 1.54) is 10.9 Å². The van der Waals surface area contributed by atoms with Crippen LogP contribution >= 0.6 is 0 Å². The lowest BCUT2D eigenvalue weighted by atomic mass is 9.82. The average Bonchev–Trinajstić information content (AvgIpc) is 2.54. The Balaban J connectivity index is 2.52. The van der Waals surface area contributed by atoms with Crippen LogP contribution in [0, 0.1) is 0 Å². The molecule has 0 bridgehead atoms. The fourth-order valence-corrected chi connectivity index (χ4v) is 3.32. The van der Waals surface area contributed by atoms with Crippen LogP contribution in [0.25, 0.3) is 10.9 Å². The van der Waals surface area contributed by atoms with Gasteiger partial charge in [-0.3, -0.25) is 9.88 Å². The number of fused-ring (bicyclic) bond motifs is 1. The molecule has 2 atom stereocenters. The van der Waals surface area contributed by atoms with Gasteiger partial charge in [0.1, 0.15) is 0 Å². The molecule has 21 heavy (non-hydrogen) atoms. The van der Waals surface area contributed by atoms with E-state index in [0.717, 1.165) is 25.0 Å². The number of hydrogen-bond donors (Lipinski definition) is 1. The molecule has 0 spiro atoms. The van der Waals surface area contributed by atoms with Gasteiger partial charge in [0.2, 0.25) is 0 Å². The molecule has 0 fully saturated rings. The highest BCUT2D eigenvalue weighted by Gasteiger charge is 2.36. The van der Waals surface area contributed by atoms with Gasteiger partial charge >= 0.3 is 0 Å². The largest absolute Gasteiger partial charge is 0.322 e. The van der Waals surface area contributed by atoms with Crippen LogP contribution in [0.4, 0.5) is 0 Å². The van der Waals surface area contributed by atoms with Crippen LogP contribution in [0.2, 0.25) is 0 Å². The molecule has 0 amide bonds. The Morgan fingerprint density at radius 1 is 1.14 bits per heavy atom. The van der Waals surface area contributed by atoms with E-state index >= 15 is 0 Å². The second kappa shape index (κ2) is 6.54. The zero-order chi connectivity index (χ0) is 15.5. The van der Waals surface area contributed by atoms with Crippen molar-refractivity contribution in [3.8, 4) is 0 Å². The number of likely N-dealkylation sites (N-methyl/N-ethyl adjacent to an activating group) is 1. The summed E-state index contributed by atoms with van der Waals surface area (Å²) in [6.45, 7) is 10.9. The van der Waals surface area contributed by atoms with Crippen molar-refractivity contribution in [2.24, 2.45) is 5.73 Å². The van der Waals surface area contributed by atoms with Gasteiger partial charge in [0.25, 0.3) is 0 Å². The maximum absolute atomic E-state index is 6.73. The van der Waals surface area contributed by atoms with Gasteiger partial charge in [0.05, 0.1) is 5.52 Å². The van der Waals surface area contributed by atoms with Crippen LogP contribution < -0.4 is 5.73 Å². The van der Waals surface area contributed by atoms with Gasteiger partial charge in [0, 0.05) is 23.2 Å². The number of aromatic nitrogens is 1. The molecular weight excluding hydrogens is 258 g/mol. The van der Waals surface area contributed by atoms with E-state index in [1.54, 1.807) is 0 Å². The Kier molecular flexibility index (Phi) is 4.96. The van der Waals surface area contributed by atoms with Gasteiger partial charge in [-0.25, -0.2) is 0 Å². The Labute approximate surface area is 128 Å². The molecule has 0 aliphatic carbocycles. The first-order valence-corrected chi connectivity index (χ1v) is 7.92. The highest BCUT2D eigenvalue weighted by molar-refractivity contribution is 5.82. The molecule has 3 nitrogen and oxygen atoms in total. The summed E-state index contributed by atoms with van der Waals surface area (Å²) in [7, 11) is 0. The summed E-state index contributed by atoms with van der Waals surface area (Å²) < 4.78 is 0. The van der Waals surface area contributed by atoms with Gasteiger partial charge in [-0.2, -0.15) is 0 Å². The van der Waals surface area contributed by atoms with E-state index in [4.69, 9.17) is 5.73 Å². The number of benzene rings is 1. The van der Waals surface area contributed by atoms with E-state index in [0.29, 0.717) is 0 Å². The third-order valence-electron chi connectivity index (χ3n) is 4.89. The van der Waals surface area contributed by atoms with E-state index in [9.17, 15) is 0 Å². The quantitative estimate of drug-likeness (QED) is 0.879. The second-order valence-electron chi connectivity index (χ2n) is 5.78. The minimum atomic E-state index is -0.0480. The monoisotopic (exact) mass is 285 g/mol. The van der Waals surface area contributed by atoms with Crippen molar-refractivity contribution in [1.29, 1.82) is 0 Å². The minimum absolute atomic E-state index is 0.0321. The van der Waals surface area contributed by atoms with Crippen molar-refractivity contribution in [2.75, 3.05) is 13.1 Å². The summed E-state index contributed by atoms with van der Waals surface area (Å²) in [5, 5.41) is 1.17. The lowest BCUT2D eigenvalue weighted by Gasteiger charge is -2.44. The van der Waals surface area contributed by atoms with Gasteiger partial charge in [0.15, 0.2) is 0 Å². The van der Waals surface area contributed by atoms with Crippen LogP contribution in [-0.4, -0.2) is 28.5 Å². The number of nitrogens with zero attached hydrogens (tertiary/aromatic N) is 2. The normalized spacial score (nSPS) is 16.1. The molecule has 2 N–H and O–H groups in total. The van der Waals surface area contributed by atoms with Gasteiger partial charge in [-0.05, 0) is 44.1 Å². The number of nitrogens with two attached hydrogens (primary N) is 1. The van der Waals surface area contributed by atoms with Crippen molar-refractivity contribution in [3.63, 3.8) is 0 Å². The predicted molar refractivity (Wildman–Crippen MR) is 90.3 cm³/mol. The van der Waals surface area contributed by atoms with Gasteiger partial charge in [-0.15, -0.1) is 0 Å². The molecule has 0 aliphatic rings. The molecule has 0 saturated heterocycles. The maximum Gasteiger partial charge on any atom is 0.0705 e. The smallest absolute Gasteiger partial charge is 0.0705 e. The third kappa shape index (κ3) is 2.81. The van der Waals surface area contributed by atoms with Crippen molar-refractivity contribution in [3.05, 3.63) is 42.1 Å². The van der Waals surface area contributed by atoms with E-state index in [1.807, 2.05) is 18.3 Å². The Bertz CT molecular complexity index is 587. The summed E-state index contributed by atoms with van der Waals surface area (Å²) in [4.78, 5) is 6.91. The molecule has 0 radical (unpaired) electrons. The third-order valence-corrected chi connectivity index (χ3v) is 4.89. The van der Waals surface area contributed by atoms with Gasteiger partial charge < -0.3 is 5.73 Å². The number of hydrogen-bond acceptors (Lipinski definition) is 3. The Hall–Kier alpha value is -1.45. The molecular formula is C18H27N3. The summed E-state index contributed by atoms with van der Waals surface area (Å²) in [5.74, 6) is 0. The molecule has 1 aromatic carbocycles. The molecule has 3 heteroatoms. The number of pyridine rings is 1. The number of rotatable bonds is 6. The van der Waals surface area contributed by atoms with E-state index < -0.39 is 0 Å². The summed E-state index contributed by atoms with van der Waals surface area (Å²) in [6, 6.07) is 10.3. The fraction of sp³-hybridized carbons (Fsp3) is 0.500. The summed E-state index contributed by atoms with van der Waals surface area (Å²) in [6.07, 6.45) is 2.85. The highest BCUT2D eigenvalue weighted by Crippen LogP contribution is 2.35. The predicted octanol–water partition coefficient (Wildman–Crippen LogP) is 3.75. The van der Waals surface area contributed by atoms with Crippen molar-refractivity contribution in [1.82, 2.24) is 9.88 Å². The van der Waals surface area contributed by atoms with Crippen molar-refractivity contribution < 1.29 is 0 Å². The Morgan fingerprint density at radius 3 is 2.48 bits per heavy atom. The first kappa shape index (κ1) is 15.9. The van der Waals surface area contributed by atoms with Crippen LogP contribution in [0.5, 0.6) is 0 Å². The van der Waals surface area contributed by atoms with Crippen LogP contribution in [0.3, 0.4) is 0 Å². The Morgan fingerprint density at radius 2 is 1.86 bits per heavy atom. The molecule has 114 valence electrons. The average molecular weight is 285 g/mol. The van der Waals surface area contributed by atoms with E-state index in [2.05, 4.69) is 55.8 Å². The lowest BCUT2D eigenvalue weighted by Crippen LogP contribution is -2.53. The summed E-state index contributed by atoms with van der Waals surface area (Å²) >= 11 is 0. The fourth-order valence-electron chi connectivity index (χ4n) is 3.32. The molecule has 0 aliphatic heterocycles. The van der Waals surface area contributed by atoms with Gasteiger partial charge in [-0.1, -0.05) is 39.0 Å². The zero-order valence-electron chi connectivity index (χ0n) is 13.6. The summed E-state index contributed by atoms with van der Waals surface area (Å²) in [5.41, 5.74) is 8.89. The molecule has 2 aromatic rings. The van der Waals surface area contributed by atoms with Crippen molar-refractivity contribution in [2.45, 2.75) is 45.7 Å². The molecule has 2 rings (SSSR count). The maximum atomic E-state index is 6.73. The van der Waals surface area contributed by atoms with Crippen LogP contribution in [-0.2, 0) is 0 Å². The first-order valence-electron chi connectivity index (χ1n) is 7.92. The molecule has 0 saturated carbocycles.